The van der Waals surface area contributed by atoms with Crippen molar-refractivity contribution in [1.82, 2.24) is 0 Å². The molecule has 34 heavy (non-hydrogen) atoms. The molecule has 0 aliphatic rings. The number of anilines is 1. The number of carbonyl (C=O) groups is 1. The predicted octanol–water partition coefficient (Wildman–Crippen LogP) is 5.19. The Kier molecular flexibility index (Phi) is 6.87. The first kappa shape index (κ1) is 24.6. The van der Waals surface area contributed by atoms with Gasteiger partial charge >= 0.3 is 6.18 Å². The molecule has 1 unspecified atom stereocenters. The van der Waals surface area contributed by atoms with E-state index in [2.05, 4.69) is 5.32 Å². The SMILES string of the molecule is CC(C)(Cc1cccc(Oc2ccccc2)c1)C(C#N)(Nc1ccc(C(F)(F)F)cc1)C(=O)[O-]. The number of carboxylic acid groups (broad SMARTS) is 1. The fraction of sp³-hybridized carbons (Fsp3) is 0.231. The number of nitrogens with one attached hydrogen (secondary N) is 1. The van der Waals surface area contributed by atoms with Gasteiger partial charge in [-0.1, -0.05) is 44.2 Å². The number of para-hydroxylation sites is 1. The van der Waals surface area contributed by atoms with E-state index in [0.29, 0.717) is 17.1 Å². The van der Waals surface area contributed by atoms with Crippen LogP contribution in [0.1, 0.15) is 25.0 Å². The van der Waals surface area contributed by atoms with Crippen LogP contribution in [0.25, 0.3) is 0 Å². The Morgan fingerprint density at radius 2 is 1.59 bits per heavy atom. The van der Waals surface area contributed by atoms with Gasteiger partial charge in [-0.15, -0.1) is 0 Å². The molecular weight excluding hydrogens is 445 g/mol. The van der Waals surface area contributed by atoms with E-state index < -0.39 is 28.7 Å². The van der Waals surface area contributed by atoms with Crippen molar-refractivity contribution in [3.8, 4) is 17.6 Å². The van der Waals surface area contributed by atoms with Gasteiger partial charge in [0.2, 0.25) is 0 Å². The number of carboxylic acids is 1. The lowest BCUT2D eigenvalue weighted by molar-refractivity contribution is -0.313. The fourth-order valence-corrected chi connectivity index (χ4v) is 3.67. The van der Waals surface area contributed by atoms with E-state index in [1.807, 2.05) is 18.2 Å². The van der Waals surface area contributed by atoms with Crippen LogP contribution in [-0.2, 0) is 17.4 Å². The van der Waals surface area contributed by atoms with Gasteiger partial charge in [-0.2, -0.15) is 18.4 Å². The van der Waals surface area contributed by atoms with Crippen LogP contribution >= 0.6 is 0 Å². The summed E-state index contributed by atoms with van der Waals surface area (Å²) in [7, 11) is 0. The van der Waals surface area contributed by atoms with E-state index in [1.54, 1.807) is 56.3 Å². The molecule has 176 valence electrons. The van der Waals surface area contributed by atoms with Crippen LogP contribution in [-0.4, -0.2) is 11.5 Å². The summed E-state index contributed by atoms with van der Waals surface area (Å²) in [6.07, 6.45) is -4.40. The van der Waals surface area contributed by atoms with Crippen molar-refractivity contribution in [2.24, 2.45) is 5.41 Å². The number of alkyl halides is 3. The smallest absolute Gasteiger partial charge is 0.416 e. The van der Waals surface area contributed by atoms with Gasteiger partial charge in [-0.05, 0) is 60.5 Å². The Hall–Kier alpha value is -3.99. The number of benzene rings is 3. The van der Waals surface area contributed by atoms with Gasteiger partial charge in [-0.3, -0.25) is 0 Å². The summed E-state index contributed by atoms with van der Waals surface area (Å²) >= 11 is 0. The summed E-state index contributed by atoms with van der Waals surface area (Å²) in [5.74, 6) is -0.521. The molecule has 3 aromatic carbocycles. The van der Waals surface area contributed by atoms with Gasteiger partial charge < -0.3 is 20.0 Å². The molecular formula is C26H22F3N2O3-. The van der Waals surface area contributed by atoms with Gasteiger partial charge in [0.1, 0.15) is 11.5 Å². The number of ether oxygens (including phenoxy) is 1. The number of hydrogen-bond acceptors (Lipinski definition) is 5. The molecule has 0 aliphatic heterocycles. The minimum atomic E-state index is -4.54. The number of rotatable bonds is 8. The molecule has 5 nitrogen and oxygen atoms in total. The largest absolute Gasteiger partial charge is 0.546 e. The standard InChI is InChI=1S/C26H23F3N2O3/c1-24(2,16-18-7-6-10-22(15-18)34-21-8-4-3-5-9-21)25(17-30,23(32)33)31-20-13-11-19(12-14-20)26(27,28)29/h3-15,31H,16H2,1-2H3,(H,32,33)/p-1. The Morgan fingerprint density at radius 1 is 0.971 bits per heavy atom. The normalized spacial score (nSPS) is 13.4. The molecule has 0 bridgehead atoms. The summed E-state index contributed by atoms with van der Waals surface area (Å²) < 4.78 is 44.4. The van der Waals surface area contributed by atoms with Crippen molar-refractivity contribution in [2.75, 3.05) is 5.32 Å². The number of hydrogen-bond donors (Lipinski definition) is 1. The van der Waals surface area contributed by atoms with Crippen LogP contribution in [0, 0.1) is 16.7 Å². The van der Waals surface area contributed by atoms with E-state index in [1.165, 1.54) is 0 Å². The van der Waals surface area contributed by atoms with Crippen molar-refractivity contribution in [1.29, 1.82) is 5.26 Å². The summed E-state index contributed by atoms with van der Waals surface area (Å²) in [5.41, 5.74) is -3.61. The van der Waals surface area contributed by atoms with Gasteiger partial charge in [0.15, 0.2) is 5.54 Å². The number of nitriles is 1. The maximum absolute atomic E-state index is 12.9. The quantitative estimate of drug-likeness (QED) is 0.493. The molecule has 0 fully saturated rings. The van der Waals surface area contributed by atoms with Crippen molar-refractivity contribution in [3.05, 3.63) is 90.0 Å². The highest BCUT2D eigenvalue weighted by molar-refractivity contribution is 5.86. The third kappa shape index (κ3) is 5.31. The minimum absolute atomic E-state index is 0.0491. The number of nitrogens with zero attached hydrogens (tertiary/aromatic N) is 1. The third-order valence-electron chi connectivity index (χ3n) is 5.56. The Morgan fingerprint density at radius 3 is 2.15 bits per heavy atom. The summed E-state index contributed by atoms with van der Waals surface area (Å²) in [6, 6.07) is 21.7. The molecule has 0 radical (unpaired) electrons. The molecule has 0 amide bonds. The van der Waals surface area contributed by atoms with E-state index in [-0.39, 0.29) is 12.1 Å². The highest BCUT2D eigenvalue weighted by atomic mass is 19.4. The average molecular weight is 467 g/mol. The summed E-state index contributed by atoms with van der Waals surface area (Å²) in [5, 5.41) is 24.8. The topological polar surface area (TPSA) is 85.2 Å². The van der Waals surface area contributed by atoms with Crippen molar-refractivity contribution in [3.63, 3.8) is 0 Å². The van der Waals surface area contributed by atoms with Crippen LogP contribution in [0.2, 0.25) is 0 Å². The van der Waals surface area contributed by atoms with E-state index in [9.17, 15) is 28.3 Å². The van der Waals surface area contributed by atoms with Gasteiger partial charge in [0.05, 0.1) is 17.6 Å². The van der Waals surface area contributed by atoms with Gasteiger partial charge in [-0.25, -0.2) is 0 Å². The number of halogens is 3. The second-order valence-electron chi connectivity index (χ2n) is 8.47. The van der Waals surface area contributed by atoms with Crippen LogP contribution in [0.15, 0.2) is 78.9 Å². The molecule has 0 spiro atoms. The Balaban J connectivity index is 1.88. The van der Waals surface area contributed by atoms with Crippen LogP contribution in [0.5, 0.6) is 11.5 Å². The molecule has 8 heteroatoms. The van der Waals surface area contributed by atoms with E-state index in [0.717, 1.165) is 24.3 Å². The summed E-state index contributed by atoms with van der Waals surface area (Å²) in [4.78, 5) is 12.2. The lowest BCUT2D eigenvalue weighted by Gasteiger charge is -2.43. The monoisotopic (exact) mass is 467 g/mol. The van der Waals surface area contributed by atoms with Crippen molar-refractivity contribution >= 4 is 11.7 Å². The highest BCUT2D eigenvalue weighted by Gasteiger charge is 2.47. The zero-order chi connectivity index (χ0) is 25.0. The highest BCUT2D eigenvalue weighted by Crippen LogP contribution is 2.38. The molecule has 1 atom stereocenters. The Bertz CT molecular complexity index is 1190. The maximum atomic E-state index is 12.9. The van der Waals surface area contributed by atoms with E-state index >= 15 is 0 Å². The molecule has 0 heterocycles. The van der Waals surface area contributed by atoms with Gasteiger partial charge in [0.25, 0.3) is 0 Å². The zero-order valence-corrected chi connectivity index (χ0v) is 18.5. The number of aliphatic carboxylic acids is 1. The molecule has 3 rings (SSSR count). The van der Waals surface area contributed by atoms with Crippen LogP contribution in [0.3, 0.4) is 0 Å². The molecule has 3 aromatic rings. The van der Waals surface area contributed by atoms with Crippen molar-refractivity contribution in [2.45, 2.75) is 32.0 Å². The zero-order valence-electron chi connectivity index (χ0n) is 18.5. The third-order valence-corrected chi connectivity index (χ3v) is 5.56. The second-order valence-corrected chi connectivity index (χ2v) is 8.47. The maximum Gasteiger partial charge on any atom is 0.416 e. The first-order valence-electron chi connectivity index (χ1n) is 10.4. The molecule has 0 aromatic heterocycles. The lowest BCUT2D eigenvalue weighted by Crippen LogP contribution is -2.62. The van der Waals surface area contributed by atoms with Crippen LogP contribution < -0.4 is 15.2 Å². The van der Waals surface area contributed by atoms with Crippen LogP contribution in [0.4, 0.5) is 18.9 Å². The lowest BCUT2D eigenvalue weighted by atomic mass is 9.69. The molecule has 0 aliphatic carbocycles. The molecule has 1 N–H and O–H groups in total. The fourth-order valence-electron chi connectivity index (χ4n) is 3.67. The minimum Gasteiger partial charge on any atom is -0.546 e. The number of carbonyl (C=O) groups excluding carboxylic acids is 1. The Labute approximate surface area is 195 Å². The van der Waals surface area contributed by atoms with Gasteiger partial charge in [0, 0.05) is 11.1 Å². The predicted molar refractivity (Wildman–Crippen MR) is 119 cm³/mol. The van der Waals surface area contributed by atoms with Crippen molar-refractivity contribution < 1.29 is 27.8 Å². The first-order valence-corrected chi connectivity index (χ1v) is 10.4. The second kappa shape index (κ2) is 9.48. The first-order chi connectivity index (χ1) is 16.0. The average Bonchev–Trinajstić information content (AvgIpc) is 2.77. The van der Waals surface area contributed by atoms with E-state index in [4.69, 9.17) is 4.74 Å². The summed E-state index contributed by atoms with van der Waals surface area (Å²) in [6.45, 7) is 3.15. The molecule has 0 saturated heterocycles. The molecule has 0 saturated carbocycles.